The summed E-state index contributed by atoms with van der Waals surface area (Å²) in [5.41, 5.74) is 0. The minimum absolute atomic E-state index is 0.210. The van der Waals surface area contributed by atoms with E-state index in [-0.39, 0.29) is 19.3 Å². The summed E-state index contributed by atoms with van der Waals surface area (Å²) in [7, 11) is 0. The molecule has 0 aliphatic carbocycles. The first kappa shape index (κ1) is 14.8. The molecule has 1 aliphatic rings. The van der Waals surface area contributed by atoms with Gasteiger partial charge in [-0.25, -0.2) is 0 Å². The fourth-order valence-corrected chi connectivity index (χ4v) is 2.19. The van der Waals surface area contributed by atoms with E-state index in [0.717, 1.165) is 19.6 Å². The van der Waals surface area contributed by atoms with Gasteiger partial charge in [-0.15, -0.1) is 0 Å². The number of rotatable bonds is 6. The van der Waals surface area contributed by atoms with E-state index in [4.69, 9.17) is 10.2 Å². The van der Waals surface area contributed by atoms with Gasteiger partial charge in [0, 0.05) is 38.8 Å². The van der Waals surface area contributed by atoms with Crippen LogP contribution in [0.15, 0.2) is 0 Å². The minimum atomic E-state index is -0.688. The summed E-state index contributed by atoms with van der Waals surface area (Å²) in [4.78, 5) is 4.23. The number of hydrogen-bond acceptors (Lipinski definition) is 6. The summed E-state index contributed by atoms with van der Waals surface area (Å²) in [6.45, 7) is 5.01. The van der Waals surface area contributed by atoms with Crippen LogP contribution in [0.4, 0.5) is 0 Å². The van der Waals surface area contributed by atoms with Crippen LogP contribution in [0.3, 0.4) is 0 Å². The van der Waals surface area contributed by atoms with Crippen LogP contribution in [0.25, 0.3) is 0 Å². The van der Waals surface area contributed by atoms with E-state index in [9.17, 15) is 10.2 Å². The summed E-state index contributed by atoms with van der Waals surface area (Å²) < 4.78 is 0. The molecule has 0 radical (unpaired) electrons. The summed E-state index contributed by atoms with van der Waals surface area (Å²) in [5, 5.41) is 36.4. The molecule has 102 valence electrons. The summed E-state index contributed by atoms with van der Waals surface area (Å²) in [6, 6.07) is 0.274. The highest BCUT2D eigenvalue weighted by atomic mass is 16.3. The van der Waals surface area contributed by atoms with E-state index in [1.165, 1.54) is 0 Å². The maximum Gasteiger partial charge on any atom is 0.0897 e. The van der Waals surface area contributed by atoms with E-state index in [1.807, 2.05) is 0 Å². The molecule has 3 unspecified atom stereocenters. The van der Waals surface area contributed by atoms with Crippen LogP contribution in [-0.2, 0) is 0 Å². The monoisotopic (exact) mass is 248 g/mol. The Labute approximate surface area is 102 Å². The Bertz CT molecular complexity index is 218. The first-order valence-electron chi connectivity index (χ1n) is 6.11. The van der Waals surface area contributed by atoms with Crippen LogP contribution in [0.5, 0.6) is 0 Å². The van der Waals surface area contributed by atoms with Gasteiger partial charge in [0.25, 0.3) is 0 Å². The Hall–Kier alpha value is -0.240. The average Bonchev–Trinajstić information content (AvgIpc) is 2.32. The van der Waals surface area contributed by atoms with Crippen molar-refractivity contribution in [1.29, 1.82) is 0 Å². The molecule has 1 aliphatic heterocycles. The lowest BCUT2D eigenvalue weighted by molar-refractivity contribution is -0.00211. The van der Waals surface area contributed by atoms with Gasteiger partial charge in [-0.2, -0.15) is 0 Å². The summed E-state index contributed by atoms with van der Waals surface area (Å²) in [5.74, 6) is 0. The third-order valence-electron chi connectivity index (χ3n) is 3.18. The normalized spacial score (nSPS) is 27.0. The number of β-amino-alcohol motifs (C(OH)–C–C–N with tert-alkyl or cyclic N) is 2. The Morgan fingerprint density at radius 3 is 2.18 bits per heavy atom. The smallest absolute Gasteiger partial charge is 0.0897 e. The lowest BCUT2D eigenvalue weighted by atomic mass is 10.1. The third kappa shape index (κ3) is 4.87. The summed E-state index contributed by atoms with van der Waals surface area (Å²) in [6.07, 6.45) is -1.37. The van der Waals surface area contributed by atoms with E-state index in [1.54, 1.807) is 0 Å². The molecule has 0 spiro atoms. The maximum absolute atomic E-state index is 9.40. The molecule has 0 bridgehead atoms. The zero-order chi connectivity index (χ0) is 12.8. The maximum atomic E-state index is 9.40. The van der Waals surface area contributed by atoms with Crippen molar-refractivity contribution in [1.82, 2.24) is 9.80 Å². The molecule has 0 aromatic heterocycles. The first-order valence-corrected chi connectivity index (χ1v) is 6.11. The van der Waals surface area contributed by atoms with Crippen LogP contribution in [0, 0.1) is 0 Å². The number of aliphatic hydroxyl groups is 4. The van der Waals surface area contributed by atoms with Gasteiger partial charge >= 0.3 is 0 Å². The van der Waals surface area contributed by atoms with Gasteiger partial charge < -0.3 is 20.4 Å². The zero-order valence-corrected chi connectivity index (χ0v) is 10.4. The Morgan fingerprint density at radius 2 is 1.65 bits per heavy atom. The van der Waals surface area contributed by atoms with Gasteiger partial charge in [0.2, 0.25) is 0 Å². The van der Waals surface area contributed by atoms with Crippen LogP contribution < -0.4 is 0 Å². The Morgan fingerprint density at radius 1 is 1.06 bits per heavy atom. The fourth-order valence-electron chi connectivity index (χ4n) is 2.19. The standard InChI is InChI=1S/C11H24N2O4/c1-9-4-12(5-10(16)7-14)2-3-13(9)6-11(17)8-15/h9-11,14-17H,2-8H2,1H3. The summed E-state index contributed by atoms with van der Waals surface area (Å²) >= 11 is 0. The Kier molecular flexibility index (Phi) is 6.32. The molecule has 0 aromatic carbocycles. The van der Waals surface area contributed by atoms with Crippen molar-refractivity contribution in [2.75, 3.05) is 45.9 Å². The molecule has 6 nitrogen and oxygen atoms in total. The minimum Gasteiger partial charge on any atom is -0.394 e. The fraction of sp³-hybridized carbons (Fsp3) is 1.00. The van der Waals surface area contributed by atoms with Gasteiger partial charge in [0.15, 0.2) is 0 Å². The van der Waals surface area contributed by atoms with Crippen molar-refractivity contribution >= 4 is 0 Å². The third-order valence-corrected chi connectivity index (χ3v) is 3.18. The van der Waals surface area contributed by atoms with Crippen molar-refractivity contribution in [3.63, 3.8) is 0 Å². The van der Waals surface area contributed by atoms with E-state index in [0.29, 0.717) is 13.1 Å². The second kappa shape index (κ2) is 7.25. The molecule has 1 fully saturated rings. The first-order chi connectivity index (χ1) is 8.06. The largest absolute Gasteiger partial charge is 0.394 e. The highest BCUT2D eigenvalue weighted by molar-refractivity contribution is 4.81. The molecule has 6 heteroatoms. The van der Waals surface area contributed by atoms with Gasteiger partial charge in [-0.05, 0) is 6.92 Å². The van der Waals surface area contributed by atoms with Gasteiger partial charge in [0.05, 0.1) is 25.4 Å². The van der Waals surface area contributed by atoms with Crippen molar-refractivity contribution < 1.29 is 20.4 Å². The quantitative estimate of drug-likeness (QED) is 0.423. The molecule has 0 aromatic rings. The van der Waals surface area contributed by atoms with E-state index in [2.05, 4.69) is 16.7 Å². The van der Waals surface area contributed by atoms with Crippen molar-refractivity contribution in [2.45, 2.75) is 25.2 Å². The highest BCUT2D eigenvalue weighted by Gasteiger charge is 2.25. The van der Waals surface area contributed by atoms with Crippen molar-refractivity contribution in [2.24, 2.45) is 0 Å². The van der Waals surface area contributed by atoms with E-state index < -0.39 is 12.2 Å². The predicted octanol–water partition coefficient (Wildman–Crippen LogP) is -2.30. The molecule has 0 saturated carbocycles. The van der Waals surface area contributed by atoms with Crippen LogP contribution >= 0.6 is 0 Å². The molecular weight excluding hydrogens is 224 g/mol. The molecule has 3 atom stereocenters. The second-order valence-corrected chi connectivity index (χ2v) is 4.78. The van der Waals surface area contributed by atoms with Gasteiger partial charge in [0.1, 0.15) is 0 Å². The van der Waals surface area contributed by atoms with E-state index >= 15 is 0 Å². The van der Waals surface area contributed by atoms with Crippen LogP contribution in [0.1, 0.15) is 6.92 Å². The molecule has 1 saturated heterocycles. The lowest BCUT2D eigenvalue weighted by Gasteiger charge is -2.41. The molecule has 0 amide bonds. The molecule has 1 rings (SSSR count). The number of aliphatic hydroxyl groups excluding tert-OH is 4. The number of nitrogens with zero attached hydrogens (tertiary/aromatic N) is 2. The molecule has 17 heavy (non-hydrogen) atoms. The van der Waals surface area contributed by atoms with Crippen molar-refractivity contribution in [3.8, 4) is 0 Å². The van der Waals surface area contributed by atoms with Gasteiger partial charge in [-0.1, -0.05) is 0 Å². The molecule has 4 N–H and O–H groups in total. The highest BCUT2D eigenvalue weighted by Crippen LogP contribution is 2.10. The van der Waals surface area contributed by atoms with Crippen LogP contribution in [-0.4, -0.2) is 94.4 Å². The van der Waals surface area contributed by atoms with Crippen LogP contribution in [0.2, 0.25) is 0 Å². The van der Waals surface area contributed by atoms with Crippen molar-refractivity contribution in [3.05, 3.63) is 0 Å². The molecular formula is C11H24N2O4. The SMILES string of the molecule is CC1CN(CC(O)CO)CCN1CC(O)CO. The topological polar surface area (TPSA) is 87.4 Å². The predicted molar refractivity (Wildman–Crippen MR) is 63.7 cm³/mol. The Balaban J connectivity index is 2.33. The number of hydrogen-bond donors (Lipinski definition) is 4. The second-order valence-electron chi connectivity index (χ2n) is 4.78. The average molecular weight is 248 g/mol. The van der Waals surface area contributed by atoms with Gasteiger partial charge in [-0.3, -0.25) is 9.80 Å². The molecule has 1 heterocycles. The number of piperazine rings is 1. The lowest BCUT2D eigenvalue weighted by Crippen LogP contribution is -2.55. The zero-order valence-electron chi connectivity index (χ0n) is 10.4.